The lowest BCUT2D eigenvalue weighted by molar-refractivity contribution is 0.0161. The second kappa shape index (κ2) is 7.48. The first-order valence-electron chi connectivity index (χ1n) is 2.21. The fourth-order valence-corrected chi connectivity index (χ4v) is 0.749. The van der Waals surface area contributed by atoms with Gasteiger partial charge < -0.3 is 6.15 Å². The molecule has 12 heteroatoms. The number of nitrogens with two attached hydrogens (primary N) is 3. The van der Waals surface area contributed by atoms with Crippen LogP contribution in [0.5, 0.6) is 0 Å². The molecular formula is H13N7O4P+. The number of rotatable bonds is 6. The van der Waals surface area contributed by atoms with Crippen molar-refractivity contribution in [3.8, 4) is 0 Å². The number of nitrogens with one attached hydrogen (secondary N) is 3. The topological polar surface area (TPSA) is 195 Å². The minimum atomic E-state index is -3.93. The van der Waals surface area contributed by atoms with Crippen LogP contribution in [-0.4, -0.2) is 0 Å². The highest BCUT2D eigenvalue weighted by atomic mass is 31.2. The van der Waals surface area contributed by atoms with Crippen molar-refractivity contribution >= 4 is 7.82 Å². The van der Waals surface area contributed by atoms with Gasteiger partial charge in [0.1, 0.15) is 0 Å². The summed E-state index contributed by atoms with van der Waals surface area (Å²) in [6.07, 6.45) is 0. The van der Waals surface area contributed by atoms with Gasteiger partial charge >= 0.3 is 7.82 Å². The van der Waals surface area contributed by atoms with Crippen molar-refractivity contribution in [1.82, 2.24) is 22.9 Å². The molecule has 0 aromatic rings. The SMILES string of the molecule is NNOP(=O)(ONN)ONN.[NH4+]. The Balaban J connectivity index is 0. The van der Waals surface area contributed by atoms with E-state index < -0.39 is 7.82 Å². The average Bonchev–Trinajstić information content (AvgIpc) is 1.88. The molecule has 0 saturated heterocycles. The summed E-state index contributed by atoms with van der Waals surface area (Å²) in [4.78, 5) is 0. The molecule has 0 spiro atoms. The number of hydrogen-bond donors (Lipinski definition) is 7. The number of phosphoric acid groups is 1. The third-order valence-corrected chi connectivity index (χ3v) is 1.48. The predicted octanol–water partition coefficient (Wildman–Crippen LogP) is -2.34. The molecule has 0 aliphatic rings. The second-order valence-electron chi connectivity index (χ2n) is 1.07. The van der Waals surface area contributed by atoms with E-state index in [-0.39, 0.29) is 6.15 Å². The van der Waals surface area contributed by atoms with E-state index in [9.17, 15) is 4.57 Å². The minimum Gasteiger partial charge on any atom is -0.369 e. The molecule has 0 radical (unpaired) electrons. The highest BCUT2D eigenvalue weighted by Crippen LogP contribution is 2.45. The van der Waals surface area contributed by atoms with Crippen LogP contribution in [0.2, 0.25) is 0 Å². The van der Waals surface area contributed by atoms with Gasteiger partial charge in [0.25, 0.3) is 0 Å². The molecule has 12 heavy (non-hydrogen) atoms. The van der Waals surface area contributed by atoms with Gasteiger partial charge in [0.05, 0.1) is 0 Å². The van der Waals surface area contributed by atoms with Crippen LogP contribution in [0.3, 0.4) is 0 Å². The van der Waals surface area contributed by atoms with Gasteiger partial charge in [-0.25, -0.2) is 22.1 Å². The zero-order valence-corrected chi connectivity index (χ0v) is 7.21. The largest absolute Gasteiger partial charge is 0.528 e. The summed E-state index contributed by atoms with van der Waals surface area (Å²) in [5.41, 5.74) is 4.72. The van der Waals surface area contributed by atoms with Gasteiger partial charge in [0, 0.05) is 0 Å². The maximum Gasteiger partial charge on any atom is 0.528 e. The molecule has 0 aliphatic carbocycles. The summed E-state index contributed by atoms with van der Waals surface area (Å²) in [7, 11) is -3.93. The first-order valence-corrected chi connectivity index (χ1v) is 3.67. The van der Waals surface area contributed by atoms with Crippen LogP contribution in [0.25, 0.3) is 0 Å². The molecule has 0 bridgehead atoms. The van der Waals surface area contributed by atoms with Gasteiger partial charge in [-0.1, -0.05) is 0 Å². The van der Waals surface area contributed by atoms with Crippen LogP contribution in [-0.2, 0) is 18.4 Å². The van der Waals surface area contributed by atoms with Gasteiger partial charge in [0.15, 0.2) is 0 Å². The van der Waals surface area contributed by atoms with Crippen molar-refractivity contribution in [2.24, 2.45) is 17.5 Å². The Morgan fingerprint density at radius 3 is 1.33 bits per heavy atom. The number of hydrogen-bond acceptors (Lipinski definition) is 10. The van der Waals surface area contributed by atoms with Gasteiger partial charge in [-0.2, -0.15) is 13.9 Å². The molecule has 0 aromatic carbocycles. The molecule has 0 saturated carbocycles. The molecule has 0 unspecified atom stereocenters. The predicted molar refractivity (Wildman–Crippen MR) is 38.8 cm³/mol. The molecule has 0 amide bonds. The normalized spacial score (nSPS) is 10.9. The average molecular weight is 206 g/mol. The Bertz CT molecular complexity index is 114. The Morgan fingerprint density at radius 1 is 0.917 bits per heavy atom. The van der Waals surface area contributed by atoms with E-state index in [4.69, 9.17) is 0 Å². The molecule has 0 aromatic heterocycles. The molecule has 0 fully saturated rings. The highest BCUT2D eigenvalue weighted by molar-refractivity contribution is 7.48. The van der Waals surface area contributed by atoms with Crippen molar-refractivity contribution in [1.29, 1.82) is 0 Å². The van der Waals surface area contributed by atoms with E-state index >= 15 is 0 Å². The summed E-state index contributed by atoms with van der Waals surface area (Å²) in [6.45, 7) is 0. The molecule has 0 heterocycles. The Labute approximate surface area is 67.8 Å². The lowest BCUT2D eigenvalue weighted by Crippen LogP contribution is -2.31. The van der Waals surface area contributed by atoms with Crippen LogP contribution in [0.15, 0.2) is 0 Å². The van der Waals surface area contributed by atoms with E-state index in [2.05, 4.69) is 31.4 Å². The standard InChI is InChI=1S/H9N6O4P.H3N/c1-4-8-11(7,9-5-2)10-6-3;/h4-6H,1-3H2;1H3/p+1. The molecule has 0 rings (SSSR count). The Morgan fingerprint density at radius 2 is 1.17 bits per heavy atom. The molecule has 11 nitrogen and oxygen atoms in total. The maximum absolute atomic E-state index is 10.9. The number of quaternary nitrogens is 1. The molecular weight excluding hydrogens is 193 g/mol. The van der Waals surface area contributed by atoms with Crippen LogP contribution < -0.4 is 40.4 Å². The van der Waals surface area contributed by atoms with Crippen LogP contribution in [0, 0.1) is 0 Å². The van der Waals surface area contributed by atoms with Crippen molar-refractivity contribution in [3.63, 3.8) is 0 Å². The van der Waals surface area contributed by atoms with E-state index in [0.717, 1.165) is 0 Å². The van der Waals surface area contributed by atoms with E-state index in [0.29, 0.717) is 0 Å². The summed E-state index contributed by atoms with van der Waals surface area (Å²) < 4.78 is 23.1. The van der Waals surface area contributed by atoms with E-state index in [1.807, 2.05) is 0 Å². The lowest BCUT2D eigenvalue weighted by Gasteiger charge is -2.12. The quantitative estimate of drug-likeness (QED) is 0.140. The van der Waals surface area contributed by atoms with Crippen LogP contribution in [0.4, 0.5) is 0 Å². The van der Waals surface area contributed by atoms with Crippen LogP contribution >= 0.6 is 7.82 Å². The number of hydrazine groups is 3. The molecule has 0 aliphatic heterocycles. The summed E-state index contributed by atoms with van der Waals surface area (Å²) in [5, 5.41) is 0. The monoisotopic (exact) mass is 206 g/mol. The lowest BCUT2D eigenvalue weighted by atomic mass is 12.8. The van der Waals surface area contributed by atoms with Gasteiger partial charge in [0.2, 0.25) is 0 Å². The first kappa shape index (κ1) is 14.4. The van der Waals surface area contributed by atoms with Gasteiger partial charge in [-0.05, 0) is 0 Å². The van der Waals surface area contributed by atoms with E-state index in [1.165, 1.54) is 0 Å². The van der Waals surface area contributed by atoms with Gasteiger partial charge in [-0.15, -0.1) is 16.8 Å². The van der Waals surface area contributed by atoms with Crippen LogP contribution in [0.1, 0.15) is 0 Å². The Hall–Kier alpha value is -0.170. The minimum absolute atomic E-state index is 0. The van der Waals surface area contributed by atoms with Gasteiger partial charge in [-0.3, -0.25) is 0 Å². The van der Waals surface area contributed by atoms with E-state index in [1.54, 1.807) is 16.8 Å². The fourth-order valence-electron chi connectivity index (χ4n) is 0.250. The summed E-state index contributed by atoms with van der Waals surface area (Å²) in [5.74, 6) is 13.9. The van der Waals surface area contributed by atoms with Crippen molar-refractivity contribution in [2.45, 2.75) is 0 Å². The smallest absolute Gasteiger partial charge is 0.369 e. The Kier molecular flexibility index (Phi) is 8.95. The molecule has 13 N–H and O–H groups in total. The zero-order valence-electron chi connectivity index (χ0n) is 6.31. The molecule has 76 valence electrons. The fraction of sp³-hybridized carbons (Fsp3) is 0. The first-order chi connectivity index (χ1) is 5.18. The van der Waals surface area contributed by atoms with Crippen molar-refractivity contribution in [3.05, 3.63) is 0 Å². The van der Waals surface area contributed by atoms with Crippen molar-refractivity contribution in [2.75, 3.05) is 0 Å². The third kappa shape index (κ3) is 5.48. The van der Waals surface area contributed by atoms with Crippen molar-refractivity contribution < 1.29 is 18.4 Å². The summed E-state index contributed by atoms with van der Waals surface area (Å²) >= 11 is 0. The molecule has 0 atom stereocenters. The second-order valence-corrected chi connectivity index (χ2v) is 2.52. The maximum atomic E-state index is 10.9. The highest BCUT2D eigenvalue weighted by Gasteiger charge is 2.27. The summed E-state index contributed by atoms with van der Waals surface area (Å²) in [6, 6.07) is 0. The zero-order chi connectivity index (χ0) is 8.74. The third-order valence-electron chi connectivity index (χ3n) is 0.494.